The molecule has 1 aromatic heterocycles. The van der Waals surface area contributed by atoms with Gasteiger partial charge in [-0.25, -0.2) is 0 Å². The third-order valence-corrected chi connectivity index (χ3v) is 4.08. The Morgan fingerprint density at radius 1 is 1.42 bits per heavy atom. The second-order valence-corrected chi connectivity index (χ2v) is 5.66. The van der Waals surface area contributed by atoms with Crippen molar-refractivity contribution >= 4 is 5.91 Å². The zero-order valence-electron chi connectivity index (χ0n) is 12.9. The summed E-state index contributed by atoms with van der Waals surface area (Å²) in [5.41, 5.74) is 7.73. The van der Waals surface area contributed by atoms with Crippen molar-refractivity contribution in [2.75, 3.05) is 0 Å². The molecule has 0 saturated carbocycles. The van der Waals surface area contributed by atoms with Crippen LogP contribution in [0.1, 0.15) is 46.1 Å². The molecule has 24 heavy (non-hydrogen) atoms. The highest BCUT2D eigenvalue weighted by Gasteiger charge is 2.23. The van der Waals surface area contributed by atoms with Gasteiger partial charge in [0.2, 0.25) is 0 Å². The number of nitrogens with two attached hydrogens (primary N) is 1. The zero-order valence-corrected chi connectivity index (χ0v) is 12.9. The van der Waals surface area contributed by atoms with Crippen LogP contribution in [-0.4, -0.2) is 12.5 Å². The van der Waals surface area contributed by atoms with Crippen LogP contribution in [0.4, 0.5) is 8.78 Å². The molecule has 0 fully saturated rings. The second kappa shape index (κ2) is 7.00. The lowest BCUT2D eigenvalue weighted by molar-refractivity contribution is -0.0499. The Kier molecular flexibility index (Phi) is 4.80. The maximum atomic E-state index is 12.3. The number of amides is 1. The number of rotatable bonds is 5. The van der Waals surface area contributed by atoms with Crippen LogP contribution >= 0.6 is 0 Å². The number of halogens is 2. The number of benzene rings is 1. The summed E-state index contributed by atoms with van der Waals surface area (Å²) in [7, 11) is 0. The Balaban J connectivity index is 1.75. The third-order valence-electron chi connectivity index (χ3n) is 4.08. The normalized spacial score (nSPS) is 16.8. The van der Waals surface area contributed by atoms with Gasteiger partial charge in [0.15, 0.2) is 0 Å². The lowest BCUT2D eigenvalue weighted by Gasteiger charge is -2.26. The number of nitrogens with one attached hydrogen (secondary N) is 1. The predicted octanol–water partition coefficient (Wildman–Crippen LogP) is 3.15. The molecule has 3 rings (SSSR count). The molecule has 3 N–H and O–H groups in total. The van der Waals surface area contributed by atoms with Gasteiger partial charge >= 0.3 is 6.61 Å². The van der Waals surface area contributed by atoms with Gasteiger partial charge in [0, 0.05) is 0 Å². The molecule has 1 aliphatic carbocycles. The fourth-order valence-corrected chi connectivity index (χ4v) is 2.97. The van der Waals surface area contributed by atoms with E-state index in [-0.39, 0.29) is 24.2 Å². The van der Waals surface area contributed by atoms with Crippen molar-refractivity contribution in [2.45, 2.75) is 38.5 Å². The summed E-state index contributed by atoms with van der Waals surface area (Å²) in [5.74, 6) is 0.431. The minimum atomic E-state index is -2.85. The number of alkyl halides is 2. The standard InChI is InChI=1S/C17H18F2N2O3/c18-17(19)24-12-4-5-14-10(6-12)2-1-3-15(14)21-16(22)11-7-13(8-20)23-9-11/h4-7,9,15,17H,1-3,8,20H2,(H,21,22). The first-order chi connectivity index (χ1) is 11.6. The van der Waals surface area contributed by atoms with Crippen LogP contribution in [0, 0.1) is 0 Å². The smallest absolute Gasteiger partial charge is 0.387 e. The first-order valence-electron chi connectivity index (χ1n) is 7.73. The molecule has 0 spiro atoms. The van der Waals surface area contributed by atoms with Crippen molar-refractivity contribution in [1.82, 2.24) is 5.32 Å². The van der Waals surface area contributed by atoms with E-state index in [0.717, 1.165) is 30.4 Å². The van der Waals surface area contributed by atoms with Gasteiger partial charge in [0.1, 0.15) is 17.8 Å². The maximum Gasteiger partial charge on any atom is 0.387 e. The topological polar surface area (TPSA) is 77.5 Å². The summed E-state index contributed by atoms with van der Waals surface area (Å²) in [6.45, 7) is -2.62. The minimum absolute atomic E-state index is 0.137. The summed E-state index contributed by atoms with van der Waals surface area (Å²) < 4.78 is 34.3. The van der Waals surface area contributed by atoms with E-state index in [1.165, 1.54) is 12.3 Å². The number of aryl methyl sites for hydroxylation is 1. The van der Waals surface area contributed by atoms with Crippen LogP contribution in [0.5, 0.6) is 5.75 Å². The molecular weight excluding hydrogens is 318 g/mol. The van der Waals surface area contributed by atoms with E-state index in [2.05, 4.69) is 10.1 Å². The number of ether oxygens (including phenoxy) is 1. The van der Waals surface area contributed by atoms with Gasteiger partial charge in [-0.2, -0.15) is 8.78 Å². The number of hydrogen-bond acceptors (Lipinski definition) is 4. The van der Waals surface area contributed by atoms with Crippen molar-refractivity contribution in [1.29, 1.82) is 0 Å². The average Bonchev–Trinajstić information content (AvgIpc) is 3.03. The summed E-state index contributed by atoms with van der Waals surface area (Å²) in [5, 5.41) is 2.96. The molecule has 1 unspecified atom stereocenters. The number of furan rings is 1. The number of hydrogen-bond donors (Lipinski definition) is 2. The maximum absolute atomic E-state index is 12.3. The number of fused-ring (bicyclic) bond motifs is 1. The summed E-state index contributed by atoms with van der Waals surface area (Å²) >= 11 is 0. The summed E-state index contributed by atoms with van der Waals surface area (Å²) in [4.78, 5) is 12.3. The molecule has 5 nitrogen and oxygen atoms in total. The van der Waals surface area contributed by atoms with E-state index < -0.39 is 6.61 Å². The van der Waals surface area contributed by atoms with Gasteiger partial charge in [-0.15, -0.1) is 0 Å². The van der Waals surface area contributed by atoms with Crippen LogP contribution in [0.3, 0.4) is 0 Å². The molecule has 1 aliphatic rings. The van der Waals surface area contributed by atoms with Gasteiger partial charge in [-0.3, -0.25) is 4.79 Å². The summed E-state index contributed by atoms with van der Waals surface area (Å²) in [6.07, 6.45) is 3.79. The van der Waals surface area contributed by atoms with Crippen LogP contribution < -0.4 is 15.8 Å². The van der Waals surface area contributed by atoms with Crippen molar-refractivity contribution in [3.63, 3.8) is 0 Å². The quantitative estimate of drug-likeness (QED) is 0.879. The van der Waals surface area contributed by atoms with Gasteiger partial charge < -0.3 is 20.2 Å². The molecule has 0 radical (unpaired) electrons. The third kappa shape index (κ3) is 3.56. The number of carbonyl (C=O) groups is 1. The highest BCUT2D eigenvalue weighted by molar-refractivity contribution is 5.94. The van der Waals surface area contributed by atoms with Crippen LogP contribution in [0.15, 0.2) is 34.9 Å². The lowest BCUT2D eigenvalue weighted by Crippen LogP contribution is -2.30. The molecule has 128 valence electrons. The fraction of sp³-hybridized carbons (Fsp3) is 0.353. The second-order valence-electron chi connectivity index (χ2n) is 5.66. The molecule has 0 bridgehead atoms. The van der Waals surface area contributed by atoms with E-state index in [9.17, 15) is 13.6 Å². The Bertz CT molecular complexity index is 730. The van der Waals surface area contributed by atoms with Gasteiger partial charge in [0.05, 0.1) is 18.2 Å². The fourth-order valence-electron chi connectivity index (χ4n) is 2.97. The number of carbonyl (C=O) groups excluding carboxylic acids is 1. The van der Waals surface area contributed by atoms with E-state index >= 15 is 0 Å². The lowest BCUT2D eigenvalue weighted by atomic mass is 9.87. The minimum Gasteiger partial charge on any atom is -0.467 e. The van der Waals surface area contributed by atoms with Crippen molar-refractivity contribution in [3.8, 4) is 5.75 Å². The van der Waals surface area contributed by atoms with E-state index in [4.69, 9.17) is 10.2 Å². The Hall–Kier alpha value is -2.41. The highest BCUT2D eigenvalue weighted by atomic mass is 19.3. The molecule has 7 heteroatoms. The zero-order chi connectivity index (χ0) is 17.1. The highest BCUT2D eigenvalue weighted by Crippen LogP contribution is 2.32. The molecule has 1 amide bonds. The first kappa shape index (κ1) is 16.4. The Labute approximate surface area is 137 Å². The molecule has 0 aliphatic heterocycles. The van der Waals surface area contributed by atoms with Crippen LogP contribution in [-0.2, 0) is 13.0 Å². The van der Waals surface area contributed by atoms with Crippen molar-refractivity contribution < 1.29 is 22.7 Å². The van der Waals surface area contributed by atoms with Gasteiger partial charge in [0.25, 0.3) is 5.91 Å². The van der Waals surface area contributed by atoms with Gasteiger partial charge in [-0.1, -0.05) is 6.07 Å². The van der Waals surface area contributed by atoms with Crippen LogP contribution in [0.2, 0.25) is 0 Å². The Morgan fingerprint density at radius 2 is 2.25 bits per heavy atom. The molecule has 0 saturated heterocycles. The van der Waals surface area contributed by atoms with Gasteiger partial charge in [-0.05, 0) is 48.6 Å². The molecule has 2 aromatic rings. The molecule has 1 atom stereocenters. The average molecular weight is 336 g/mol. The molecule has 1 heterocycles. The van der Waals surface area contributed by atoms with E-state index in [0.29, 0.717) is 11.3 Å². The monoisotopic (exact) mass is 336 g/mol. The Morgan fingerprint density at radius 3 is 2.96 bits per heavy atom. The largest absolute Gasteiger partial charge is 0.467 e. The van der Waals surface area contributed by atoms with Crippen molar-refractivity contribution in [3.05, 3.63) is 53.0 Å². The van der Waals surface area contributed by atoms with E-state index in [1.807, 2.05) is 0 Å². The SMILES string of the molecule is NCc1cc(C(=O)NC2CCCc3cc(OC(F)F)ccc32)co1. The summed E-state index contributed by atoms with van der Waals surface area (Å²) in [6, 6.07) is 6.29. The van der Waals surface area contributed by atoms with Crippen LogP contribution in [0.25, 0.3) is 0 Å². The molecule has 1 aromatic carbocycles. The molecular formula is C17H18F2N2O3. The van der Waals surface area contributed by atoms with Crippen molar-refractivity contribution in [2.24, 2.45) is 5.73 Å². The van der Waals surface area contributed by atoms with E-state index in [1.54, 1.807) is 18.2 Å². The predicted molar refractivity (Wildman–Crippen MR) is 82.8 cm³/mol. The first-order valence-corrected chi connectivity index (χ1v) is 7.73.